The first kappa shape index (κ1) is 15.3. The molecule has 0 fully saturated rings. The summed E-state index contributed by atoms with van der Waals surface area (Å²) in [5.41, 5.74) is 0.693. The van der Waals surface area contributed by atoms with E-state index in [9.17, 15) is 14.9 Å². The number of hydrogen-bond acceptors (Lipinski definition) is 4. The Morgan fingerprint density at radius 3 is 2.24 bits per heavy atom. The molecule has 4 nitrogen and oxygen atoms in total. The minimum Gasteiger partial charge on any atom is -0.298 e. The van der Waals surface area contributed by atoms with Crippen molar-refractivity contribution in [3.63, 3.8) is 0 Å². The molecule has 3 rings (SSSR count). The van der Waals surface area contributed by atoms with Crippen LogP contribution in [-0.4, -0.2) is 11.2 Å². The number of carbonyl (C=O) groups is 1. The van der Waals surface area contributed by atoms with Gasteiger partial charge in [-0.25, -0.2) is 0 Å². The summed E-state index contributed by atoms with van der Waals surface area (Å²) in [5, 5.41) is 14.0. The van der Waals surface area contributed by atoms with Gasteiger partial charge in [-0.2, -0.15) is 0 Å². The number of benzene rings is 2. The number of rotatable bonds is 2. The van der Waals surface area contributed by atoms with Crippen molar-refractivity contribution in [1.82, 2.24) is 0 Å². The molecule has 6 heteroatoms. The molecule has 0 aliphatic carbocycles. The maximum Gasteiger partial charge on any atom is 0.324 e. The van der Waals surface area contributed by atoms with Crippen molar-refractivity contribution in [3.05, 3.63) is 74.1 Å². The van der Waals surface area contributed by atoms with Crippen LogP contribution in [0, 0.1) is 10.1 Å². The van der Waals surface area contributed by atoms with Crippen LogP contribution in [0.1, 0.15) is 10.4 Å². The second kappa shape index (κ2) is 7.10. The van der Waals surface area contributed by atoms with Crippen LogP contribution < -0.4 is 0 Å². The molecule has 0 amide bonds. The standard InChI is InChI=1S/C11H7BrO.C4H3NO2S/c12-11-6-9-4-2-1-3-8(9)5-10(11)7-13;6-5(7)4-2-1-3-8-4/h1-7H;1-3H. The number of nitrogens with zero attached hydrogens (tertiary/aromatic N) is 1. The summed E-state index contributed by atoms with van der Waals surface area (Å²) in [6, 6.07) is 14.9. The van der Waals surface area contributed by atoms with E-state index in [1.54, 1.807) is 11.4 Å². The van der Waals surface area contributed by atoms with Crippen LogP contribution in [0.2, 0.25) is 0 Å². The van der Waals surface area contributed by atoms with Gasteiger partial charge in [-0.1, -0.05) is 51.5 Å². The lowest BCUT2D eigenvalue weighted by molar-refractivity contribution is -0.380. The number of aldehydes is 1. The van der Waals surface area contributed by atoms with Crippen LogP contribution in [-0.2, 0) is 0 Å². The van der Waals surface area contributed by atoms with Gasteiger partial charge in [-0.05, 0) is 34.4 Å². The first-order valence-corrected chi connectivity index (χ1v) is 7.60. The van der Waals surface area contributed by atoms with E-state index >= 15 is 0 Å². The molecule has 0 aliphatic heterocycles. The van der Waals surface area contributed by atoms with Gasteiger partial charge in [0.15, 0.2) is 6.29 Å². The smallest absolute Gasteiger partial charge is 0.298 e. The predicted octanol–water partition coefficient (Wildman–Crippen LogP) is 5.07. The summed E-state index contributed by atoms with van der Waals surface area (Å²) in [4.78, 5) is 20.1. The first-order chi connectivity index (χ1) is 10.1. The maximum atomic E-state index is 10.6. The van der Waals surface area contributed by atoms with Crippen LogP contribution in [0.5, 0.6) is 0 Å². The maximum absolute atomic E-state index is 10.6. The summed E-state index contributed by atoms with van der Waals surface area (Å²) in [7, 11) is 0. The van der Waals surface area contributed by atoms with Gasteiger partial charge in [-0.15, -0.1) is 0 Å². The average molecular weight is 364 g/mol. The van der Waals surface area contributed by atoms with Crippen molar-refractivity contribution < 1.29 is 9.72 Å². The Balaban J connectivity index is 0.000000173. The summed E-state index contributed by atoms with van der Waals surface area (Å²) in [6.07, 6.45) is 0.858. The van der Waals surface area contributed by atoms with Gasteiger partial charge in [0.2, 0.25) is 0 Å². The molecule has 0 saturated carbocycles. The molecule has 21 heavy (non-hydrogen) atoms. The van der Waals surface area contributed by atoms with Gasteiger partial charge in [0.05, 0.1) is 4.92 Å². The third-order valence-corrected chi connectivity index (χ3v) is 4.18. The number of nitro groups is 1. The second-order valence-electron chi connectivity index (χ2n) is 4.05. The van der Waals surface area contributed by atoms with Crippen molar-refractivity contribution in [3.8, 4) is 0 Å². The summed E-state index contributed by atoms with van der Waals surface area (Å²) < 4.78 is 0.848. The van der Waals surface area contributed by atoms with E-state index in [-0.39, 0.29) is 5.00 Å². The molecule has 0 spiro atoms. The minimum absolute atomic E-state index is 0.199. The Bertz CT molecular complexity index is 772. The summed E-state index contributed by atoms with van der Waals surface area (Å²) in [5.74, 6) is 0. The Morgan fingerprint density at radius 1 is 1.10 bits per heavy atom. The first-order valence-electron chi connectivity index (χ1n) is 5.93. The molecule has 106 valence electrons. The zero-order chi connectivity index (χ0) is 15.2. The van der Waals surface area contributed by atoms with E-state index in [0.717, 1.165) is 32.9 Å². The van der Waals surface area contributed by atoms with Crippen LogP contribution in [0.3, 0.4) is 0 Å². The molecular formula is C15H10BrNO3S. The third-order valence-electron chi connectivity index (χ3n) is 2.68. The highest BCUT2D eigenvalue weighted by atomic mass is 79.9. The lowest BCUT2D eigenvalue weighted by atomic mass is 10.1. The van der Waals surface area contributed by atoms with Gasteiger partial charge in [-0.3, -0.25) is 14.9 Å². The highest BCUT2D eigenvalue weighted by Gasteiger charge is 2.02. The summed E-state index contributed by atoms with van der Waals surface area (Å²) >= 11 is 4.48. The normalized spacial score (nSPS) is 9.76. The van der Waals surface area contributed by atoms with Gasteiger partial charge in [0.25, 0.3) is 0 Å². The third kappa shape index (κ3) is 3.96. The van der Waals surface area contributed by atoms with Gasteiger partial charge < -0.3 is 0 Å². The Morgan fingerprint density at radius 2 is 1.76 bits per heavy atom. The van der Waals surface area contributed by atoms with Crippen molar-refractivity contribution in [2.45, 2.75) is 0 Å². The van der Waals surface area contributed by atoms with Gasteiger partial charge >= 0.3 is 5.00 Å². The molecule has 2 aromatic carbocycles. The zero-order valence-corrected chi connectivity index (χ0v) is 13.1. The lowest BCUT2D eigenvalue weighted by Crippen LogP contribution is -1.82. The Hall–Kier alpha value is -2.05. The van der Waals surface area contributed by atoms with E-state index in [0.29, 0.717) is 5.56 Å². The highest BCUT2D eigenvalue weighted by molar-refractivity contribution is 9.10. The number of fused-ring (bicyclic) bond motifs is 1. The lowest BCUT2D eigenvalue weighted by Gasteiger charge is -2.00. The zero-order valence-electron chi connectivity index (χ0n) is 10.7. The average Bonchev–Trinajstić information content (AvgIpc) is 3.01. The summed E-state index contributed by atoms with van der Waals surface area (Å²) in [6.45, 7) is 0. The fourth-order valence-corrected chi connectivity index (χ4v) is 2.69. The van der Waals surface area contributed by atoms with Gasteiger partial charge in [0.1, 0.15) is 0 Å². The molecule has 1 aromatic heterocycles. The second-order valence-corrected chi connectivity index (χ2v) is 5.83. The molecule has 0 atom stereocenters. The van der Waals surface area contributed by atoms with Gasteiger partial charge in [0, 0.05) is 16.1 Å². The highest BCUT2D eigenvalue weighted by Crippen LogP contribution is 2.23. The monoisotopic (exact) mass is 363 g/mol. The molecule has 0 radical (unpaired) electrons. The van der Waals surface area contributed by atoms with E-state index < -0.39 is 4.92 Å². The Kier molecular flexibility index (Phi) is 5.19. The van der Waals surface area contributed by atoms with Crippen LogP contribution in [0.25, 0.3) is 10.8 Å². The van der Waals surface area contributed by atoms with E-state index in [2.05, 4.69) is 15.9 Å². The van der Waals surface area contributed by atoms with Crippen LogP contribution in [0.4, 0.5) is 5.00 Å². The van der Waals surface area contributed by atoms with E-state index in [1.807, 2.05) is 36.4 Å². The molecule has 0 N–H and O–H groups in total. The van der Waals surface area contributed by atoms with Crippen molar-refractivity contribution in [2.24, 2.45) is 0 Å². The topological polar surface area (TPSA) is 60.2 Å². The number of hydrogen-bond donors (Lipinski definition) is 0. The molecule has 0 bridgehead atoms. The SMILES string of the molecule is O=Cc1cc2ccccc2cc1Br.O=[N+]([O-])c1cccs1. The molecule has 0 unspecified atom stereocenters. The van der Waals surface area contributed by atoms with Crippen molar-refractivity contribution >= 4 is 49.3 Å². The molecular weight excluding hydrogens is 354 g/mol. The predicted molar refractivity (Wildman–Crippen MR) is 88.0 cm³/mol. The Labute approximate surface area is 133 Å². The fourth-order valence-electron chi connectivity index (χ4n) is 1.69. The minimum atomic E-state index is -0.398. The largest absolute Gasteiger partial charge is 0.324 e. The molecule has 1 heterocycles. The van der Waals surface area contributed by atoms with E-state index in [1.165, 1.54) is 6.07 Å². The number of halogens is 1. The van der Waals surface area contributed by atoms with Crippen molar-refractivity contribution in [2.75, 3.05) is 0 Å². The molecule has 3 aromatic rings. The molecule has 0 saturated heterocycles. The quantitative estimate of drug-likeness (QED) is 0.362. The molecule has 0 aliphatic rings. The van der Waals surface area contributed by atoms with Crippen molar-refractivity contribution in [1.29, 1.82) is 0 Å². The van der Waals surface area contributed by atoms with E-state index in [4.69, 9.17) is 0 Å². The number of thiophene rings is 1. The fraction of sp³-hybridized carbons (Fsp3) is 0. The number of carbonyl (C=O) groups excluding carboxylic acids is 1. The van der Waals surface area contributed by atoms with Crippen LogP contribution >= 0.6 is 27.3 Å². The van der Waals surface area contributed by atoms with Crippen LogP contribution in [0.15, 0.2) is 58.4 Å².